The molecule has 1 aliphatic carbocycles. The Labute approximate surface area is 417 Å². The lowest BCUT2D eigenvalue weighted by Gasteiger charge is -2.42. The number of amides is 2. The van der Waals surface area contributed by atoms with Crippen molar-refractivity contribution in [3.05, 3.63) is 87.8 Å². The van der Waals surface area contributed by atoms with Gasteiger partial charge in [0.2, 0.25) is 5.91 Å². The highest BCUT2D eigenvalue weighted by molar-refractivity contribution is 7.10. The molecule has 1 aromatic carbocycles. The van der Waals surface area contributed by atoms with Gasteiger partial charge in [0, 0.05) is 95.5 Å². The number of methoxy groups -OCH3 is 1. The molecule has 5 aromatic rings. The fourth-order valence-corrected chi connectivity index (χ4v) is 12.1. The van der Waals surface area contributed by atoms with Crippen LogP contribution < -0.4 is 10.7 Å². The number of pyridine rings is 2. The van der Waals surface area contributed by atoms with E-state index in [1.807, 2.05) is 36.7 Å². The summed E-state index contributed by atoms with van der Waals surface area (Å²) in [5.41, 5.74) is 10.6. The number of hydrazine groups is 1. The molecular formula is C53H64F2N8O7S. The Morgan fingerprint density at radius 3 is 2.73 bits per heavy atom. The zero-order valence-electron chi connectivity index (χ0n) is 41.1. The van der Waals surface area contributed by atoms with Crippen molar-refractivity contribution in [1.29, 1.82) is 0 Å². The van der Waals surface area contributed by atoms with Crippen molar-refractivity contribution in [3.8, 4) is 22.5 Å². The molecule has 0 radical (unpaired) electrons. The van der Waals surface area contributed by atoms with Crippen LogP contribution in [-0.2, 0) is 46.3 Å². The summed E-state index contributed by atoms with van der Waals surface area (Å²) in [5, 5.41) is 7.25. The molecule has 378 valence electrons. The minimum Gasteiger partial charge on any atom is -0.464 e. The summed E-state index contributed by atoms with van der Waals surface area (Å²) in [6, 6.07) is 12.0. The summed E-state index contributed by atoms with van der Waals surface area (Å²) in [6.07, 6.45) is 2.97. The van der Waals surface area contributed by atoms with Gasteiger partial charge in [0.25, 0.3) is 12.3 Å². The molecule has 8 atom stereocenters. The van der Waals surface area contributed by atoms with Crippen LogP contribution in [0.2, 0.25) is 0 Å². The van der Waals surface area contributed by atoms with Gasteiger partial charge in [-0.15, -0.1) is 11.3 Å². The van der Waals surface area contributed by atoms with Gasteiger partial charge < -0.3 is 28.8 Å². The molecule has 6 bridgehead atoms. The van der Waals surface area contributed by atoms with Gasteiger partial charge in [-0.1, -0.05) is 26.0 Å². The predicted molar refractivity (Wildman–Crippen MR) is 264 cm³/mol. The number of carbonyl (C=O) groups excluding carboxylic acids is 3. The molecule has 0 unspecified atom stereocenters. The van der Waals surface area contributed by atoms with Gasteiger partial charge in [-0.05, 0) is 106 Å². The Balaban J connectivity index is 1.09. The van der Waals surface area contributed by atoms with Crippen molar-refractivity contribution in [3.63, 3.8) is 0 Å². The van der Waals surface area contributed by atoms with E-state index in [4.69, 9.17) is 28.9 Å². The molecule has 2 amide bonds. The number of carbonyl (C=O) groups is 3. The lowest BCUT2D eigenvalue weighted by Crippen LogP contribution is -2.61. The Hall–Kier alpha value is -5.24. The lowest BCUT2D eigenvalue weighted by molar-refractivity contribution is -0.157. The van der Waals surface area contributed by atoms with Crippen molar-refractivity contribution in [2.24, 2.45) is 11.3 Å². The molecule has 10 rings (SSSR count). The first kappa shape index (κ1) is 49.3. The topological polar surface area (TPSA) is 162 Å². The summed E-state index contributed by atoms with van der Waals surface area (Å²) in [4.78, 5) is 60.2. The van der Waals surface area contributed by atoms with Crippen molar-refractivity contribution in [2.75, 3.05) is 53.2 Å². The van der Waals surface area contributed by atoms with Crippen LogP contribution in [0.5, 0.6) is 0 Å². The number of alkyl halides is 2. The maximum Gasteiger partial charge on any atom is 0.324 e. The first-order chi connectivity index (χ1) is 34.3. The van der Waals surface area contributed by atoms with E-state index in [-0.39, 0.29) is 30.2 Å². The van der Waals surface area contributed by atoms with E-state index in [1.54, 1.807) is 19.4 Å². The second-order valence-electron chi connectivity index (χ2n) is 20.5. The Morgan fingerprint density at radius 1 is 1.08 bits per heavy atom. The van der Waals surface area contributed by atoms with Gasteiger partial charge in [-0.25, -0.2) is 19.2 Å². The minimum atomic E-state index is -2.87. The first-order valence-corrected chi connectivity index (χ1v) is 26.0. The number of ether oxygens (including phenoxy) is 4. The molecule has 8 heterocycles. The number of nitrogens with one attached hydrogen (secondary N) is 2. The molecule has 18 heteroatoms. The van der Waals surface area contributed by atoms with E-state index in [2.05, 4.69) is 64.2 Å². The second-order valence-corrected chi connectivity index (χ2v) is 21.4. The molecule has 71 heavy (non-hydrogen) atoms. The number of cyclic esters (lactones) is 1. The first-order valence-electron chi connectivity index (χ1n) is 25.1. The van der Waals surface area contributed by atoms with E-state index in [0.717, 1.165) is 83.8 Å². The van der Waals surface area contributed by atoms with Crippen LogP contribution in [0.25, 0.3) is 33.4 Å². The molecule has 1 saturated carbocycles. The number of hydrogen-bond donors (Lipinski definition) is 2. The predicted octanol–water partition coefficient (Wildman–Crippen LogP) is 7.76. The van der Waals surface area contributed by atoms with Crippen molar-refractivity contribution in [1.82, 2.24) is 40.2 Å². The van der Waals surface area contributed by atoms with Gasteiger partial charge in [-0.2, -0.15) is 0 Å². The molecule has 0 spiro atoms. The maximum atomic E-state index is 14.8. The Kier molecular flexibility index (Phi) is 14.4. The number of hydrogen-bond acceptors (Lipinski definition) is 13. The number of rotatable bonds is 11. The zero-order chi connectivity index (χ0) is 49.6. The van der Waals surface area contributed by atoms with Crippen LogP contribution in [0.15, 0.2) is 60.2 Å². The number of benzene rings is 1. The SMILES string of the molecule is CCn1c(-c2cc([C@@H]3CCN4CCOC[C@@H]4C3)cnc2[C@H](C)OC)c2c3cc(ccc31)-c1csc(n1)[C@@H](OCC(F)F)[C@H](NC(=O)[C@@H]1C[C@H]1c1ccccn1)C(=O)N1CCC[C@H](N1)C(=O)OCC(C)(C)C2. The number of fused-ring (bicyclic) bond motifs is 7. The van der Waals surface area contributed by atoms with Crippen LogP contribution in [-0.4, -0.2) is 125 Å². The third-order valence-electron chi connectivity index (χ3n) is 15.1. The number of piperidine rings is 1. The average Bonchev–Trinajstić information content (AvgIpc) is 3.95. The minimum absolute atomic E-state index is 0.0774. The fourth-order valence-electron chi connectivity index (χ4n) is 11.2. The summed E-state index contributed by atoms with van der Waals surface area (Å²) in [6.45, 7) is 11.7. The van der Waals surface area contributed by atoms with E-state index >= 15 is 0 Å². The Morgan fingerprint density at radius 2 is 1.94 bits per heavy atom. The second kappa shape index (κ2) is 20.7. The number of halogens is 2. The molecule has 2 N–H and O–H groups in total. The molecule has 4 aromatic heterocycles. The largest absolute Gasteiger partial charge is 0.464 e. The normalized spacial score (nSPS) is 26.4. The van der Waals surface area contributed by atoms with Crippen molar-refractivity contribution >= 4 is 40.0 Å². The zero-order valence-corrected chi connectivity index (χ0v) is 41.9. The highest BCUT2D eigenvalue weighted by Gasteiger charge is 2.48. The molecule has 4 fully saturated rings. The Bertz CT molecular complexity index is 2750. The standard InChI is InChI=1S/C53H64F2N8O7S/c1-6-62-43-13-12-32-21-36(43)39(47(62)38-22-33(25-57-45(38)30(2)67-5)31-14-17-61-18-19-68-26-34(61)20-31)24-53(3,4)29-70-52(66)41-11-9-16-63(60-41)51(65)46(48(69-27-44(54)55)50-58-42(32)28-71-50)59-49(64)37-23-35(37)40-10-7-8-15-56-40/h7-8,10,12-13,15,21-22,25,28,30-31,34-35,37,41,44,46,48,60H,6,9,11,14,16-20,23-24,26-27,29H2,1-5H3,(H,59,64)/t30-,31+,34-,35+,37+,41-,46-,48-/m0/s1. The molecular weight excluding hydrogens is 931 g/mol. The van der Waals surface area contributed by atoms with E-state index in [0.29, 0.717) is 49.9 Å². The maximum absolute atomic E-state index is 14.8. The number of thiazole rings is 1. The highest BCUT2D eigenvalue weighted by Crippen LogP contribution is 2.48. The summed E-state index contributed by atoms with van der Waals surface area (Å²) < 4.78 is 54.7. The highest BCUT2D eigenvalue weighted by atomic mass is 32.1. The number of aromatic nitrogens is 4. The molecule has 4 aliphatic heterocycles. The van der Waals surface area contributed by atoms with Crippen LogP contribution in [0.4, 0.5) is 8.78 Å². The number of nitrogens with zero attached hydrogens (tertiary/aromatic N) is 6. The molecule has 15 nitrogen and oxygen atoms in total. The van der Waals surface area contributed by atoms with Crippen LogP contribution in [0, 0.1) is 11.3 Å². The van der Waals surface area contributed by atoms with Gasteiger partial charge >= 0.3 is 5.97 Å². The van der Waals surface area contributed by atoms with Gasteiger partial charge in [0.15, 0.2) is 0 Å². The van der Waals surface area contributed by atoms with Gasteiger partial charge in [0.05, 0.1) is 43.0 Å². The summed E-state index contributed by atoms with van der Waals surface area (Å²) in [7, 11) is 1.70. The molecule has 5 aliphatic rings. The van der Waals surface area contributed by atoms with Crippen LogP contribution in [0.3, 0.4) is 0 Å². The van der Waals surface area contributed by atoms with Crippen molar-refractivity contribution < 1.29 is 42.1 Å². The van der Waals surface area contributed by atoms with Crippen LogP contribution >= 0.6 is 11.3 Å². The molecule has 3 saturated heterocycles. The summed E-state index contributed by atoms with van der Waals surface area (Å²) >= 11 is 1.17. The number of morpholine rings is 1. The van der Waals surface area contributed by atoms with E-state index in [1.165, 1.54) is 21.9 Å². The number of aryl methyl sites for hydroxylation is 1. The van der Waals surface area contributed by atoms with Crippen molar-refractivity contribution in [2.45, 2.75) is 121 Å². The summed E-state index contributed by atoms with van der Waals surface area (Å²) in [5.74, 6) is -1.96. The van der Waals surface area contributed by atoms with Gasteiger partial charge in [-0.3, -0.25) is 34.3 Å². The van der Waals surface area contributed by atoms with Crippen LogP contribution in [0.1, 0.15) is 111 Å². The smallest absolute Gasteiger partial charge is 0.324 e. The number of esters is 1. The lowest BCUT2D eigenvalue weighted by atomic mass is 9.82. The third kappa shape index (κ3) is 10.2. The average molecular weight is 995 g/mol. The quantitative estimate of drug-likeness (QED) is 0.124. The van der Waals surface area contributed by atoms with E-state index in [9.17, 15) is 23.2 Å². The van der Waals surface area contributed by atoms with Gasteiger partial charge in [0.1, 0.15) is 29.8 Å². The van der Waals surface area contributed by atoms with E-state index < -0.39 is 60.3 Å². The fraction of sp³-hybridized carbons (Fsp3) is 0.547. The monoisotopic (exact) mass is 994 g/mol. The third-order valence-corrected chi connectivity index (χ3v) is 16.0.